The first-order chi connectivity index (χ1) is 11.2. The van der Waals surface area contributed by atoms with E-state index in [4.69, 9.17) is 4.42 Å². The Hall–Kier alpha value is -3.09. The highest BCUT2D eigenvalue weighted by molar-refractivity contribution is 5.91. The van der Waals surface area contributed by atoms with Gasteiger partial charge in [-0.15, -0.1) is 0 Å². The van der Waals surface area contributed by atoms with E-state index < -0.39 is 0 Å². The summed E-state index contributed by atoms with van der Waals surface area (Å²) in [6, 6.07) is 8.69. The predicted octanol–water partition coefficient (Wildman–Crippen LogP) is 1.35. The van der Waals surface area contributed by atoms with Crippen LogP contribution in [0.15, 0.2) is 52.0 Å². The lowest BCUT2D eigenvalue weighted by molar-refractivity contribution is 0.0700. The lowest BCUT2D eigenvalue weighted by atomic mass is 10.1. The molecule has 23 heavy (non-hydrogen) atoms. The molecule has 3 aromatic heterocycles. The molecule has 7 nitrogen and oxygen atoms in total. The Morgan fingerprint density at radius 1 is 1.26 bits per heavy atom. The van der Waals surface area contributed by atoms with Gasteiger partial charge in [0.1, 0.15) is 0 Å². The van der Waals surface area contributed by atoms with Crippen LogP contribution in [-0.4, -0.2) is 32.1 Å². The monoisotopic (exact) mass is 310 g/mol. The highest BCUT2D eigenvalue weighted by Crippen LogP contribution is 2.18. The summed E-state index contributed by atoms with van der Waals surface area (Å²) in [5.74, 6) is 0.669. The summed E-state index contributed by atoms with van der Waals surface area (Å²) in [7, 11) is 0. The van der Waals surface area contributed by atoms with Crippen molar-refractivity contribution in [1.29, 1.82) is 0 Å². The third-order valence-corrected chi connectivity index (χ3v) is 3.95. The minimum Gasteiger partial charge on any atom is -0.459 e. The highest BCUT2D eigenvalue weighted by atomic mass is 16.3. The van der Waals surface area contributed by atoms with Crippen LogP contribution in [0, 0.1) is 0 Å². The molecule has 1 aliphatic heterocycles. The zero-order valence-electron chi connectivity index (χ0n) is 12.2. The fraction of sp³-hybridized carbons (Fsp3) is 0.188. The van der Waals surface area contributed by atoms with Crippen LogP contribution < -0.4 is 5.56 Å². The maximum atomic E-state index is 12.5. The molecule has 0 aliphatic carbocycles. The van der Waals surface area contributed by atoms with Crippen molar-refractivity contribution in [3.63, 3.8) is 0 Å². The topological polar surface area (TPSA) is 84.1 Å². The molecule has 3 aromatic rings. The van der Waals surface area contributed by atoms with Crippen molar-refractivity contribution in [2.75, 3.05) is 6.54 Å². The molecule has 0 saturated carbocycles. The summed E-state index contributed by atoms with van der Waals surface area (Å²) >= 11 is 0. The van der Waals surface area contributed by atoms with Gasteiger partial charge in [-0.2, -0.15) is 0 Å². The Morgan fingerprint density at radius 3 is 2.91 bits per heavy atom. The highest BCUT2D eigenvalue weighted by Gasteiger charge is 2.27. The smallest absolute Gasteiger partial charge is 0.289 e. The first-order valence-electron chi connectivity index (χ1n) is 7.31. The van der Waals surface area contributed by atoms with Crippen molar-refractivity contribution < 1.29 is 9.21 Å². The van der Waals surface area contributed by atoms with Gasteiger partial charge in [-0.25, -0.2) is 9.67 Å². The predicted molar refractivity (Wildman–Crippen MR) is 81.3 cm³/mol. The second-order valence-electron chi connectivity index (χ2n) is 5.35. The first-order valence-corrected chi connectivity index (χ1v) is 7.31. The largest absolute Gasteiger partial charge is 0.459 e. The Bertz CT molecular complexity index is 893. The molecule has 0 unspecified atom stereocenters. The fourth-order valence-electron chi connectivity index (χ4n) is 2.80. The first kappa shape index (κ1) is 13.6. The van der Waals surface area contributed by atoms with Crippen molar-refractivity contribution in [2.24, 2.45) is 0 Å². The molecule has 0 aromatic carbocycles. The molecular formula is C16H14N4O3. The van der Waals surface area contributed by atoms with Gasteiger partial charge in [0, 0.05) is 18.3 Å². The molecule has 0 fully saturated rings. The zero-order chi connectivity index (χ0) is 15.8. The van der Waals surface area contributed by atoms with Gasteiger partial charge >= 0.3 is 0 Å². The molecule has 0 spiro atoms. The fourth-order valence-corrected chi connectivity index (χ4v) is 2.80. The van der Waals surface area contributed by atoms with Crippen LogP contribution in [0.1, 0.15) is 21.8 Å². The van der Waals surface area contributed by atoms with Crippen LogP contribution in [-0.2, 0) is 13.0 Å². The van der Waals surface area contributed by atoms with E-state index in [-0.39, 0.29) is 11.5 Å². The van der Waals surface area contributed by atoms with Crippen molar-refractivity contribution in [3.05, 3.63) is 70.2 Å². The van der Waals surface area contributed by atoms with Crippen LogP contribution in [0.2, 0.25) is 0 Å². The molecule has 116 valence electrons. The number of amides is 1. The SMILES string of the molecule is O=C(c1ccco1)N1CCc2c([nH]n(-c3ccccn3)c2=O)C1. The average molecular weight is 310 g/mol. The Kier molecular flexibility index (Phi) is 3.11. The summed E-state index contributed by atoms with van der Waals surface area (Å²) in [6.07, 6.45) is 3.62. The molecule has 1 amide bonds. The third kappa shape index (κ3) is 2.26. The Labute approximate surface area is 131 Å². The number of H-pyrrole nitrogens is 1. The lowest BCUT2D eigenvalue weighted by Gasteiger charge is -2.25. The maximum Gasteiger partial charge on any atom is 0.289 e. The van der Waals surface area contributed by atoms with Crippen LogP contribution in [0.25, 0.3) is 5.82 Å². The molecule has 0 radical (unpaired) electrons. The molecule has 1 aliphatic rings. The summed E-state index contributed by atoms with van der Waals surface area (Å²) < 4.78 is 6.58. The van der Waals surface area contributed by atoms with Gasteiger partial charge in [0.2, 0.25) is 0 Å². The molecule has 0 atom stereocenters. The third-order valence-electron chi connectivity index (χ3n) is 3.95. The molecule has 1 N–H and O–H groups in total. The summed E-state index contributed by atoms with van der Waals surface area (Å²) in [5, 5.41) is 3.07. The second kappa shape index (κ2) is 5.28. The van der Waals surface area contributed by atoms with Crippen LogP contribution in [0.3, 0.4) is 0 Å². The maximum absolute atomic E-state index is 12.5. The van der Waals surface area contributed by atoms with Gasteiger partial charge in [0.25, 0.3) is 11.5 Å². The van der Waals surface area contributed by atoms with Crippen molar-refractivity contribution in [2.45, 2.75) is 13.0 Å². The van der Waals surface area contributed by atoms with Crippen molar-refractivity contribution >= 4 is 5.91 Å². The average Bonchev–Trinajstić information content (AvgIpc) is 3.23. The number of carbonyl (C=O) groups is 1. The van der Waals surface area contributed by atoms with E-state index in [0.717, 1.165) is 5.69 Å². The number of furan rings is 1. The van der Waals surface area contributed by atoms with E-state index in [9.17, 15) is 9.59 Å². The number of rotatable bonds is 2. The quantitative estimate of drug-likeness (QED) is 0.774. The van der Waals surface area contributed by atoms with E-state index in [1.165, 1.54) is 10.9 Å². The van der Waals surface area contributed by atoms with Gasteiger partial charge in [-0.3, -0.25) is 14.7 Å². The van der Waals surface area contributed by atoms with E-state index in [2.05, 4.69) is 10.1 Å². The number of nitrogens with zero attached hydrogens (tertiary/aromatic N) is 3. The van der Waals surface area contributed by atoms with E-state index >= 15 is 0 Å². The van der Waals surface area contributed by atoms with E-state index in [1.807, 2.05) is 6.07 Å². The molecular weight excluding hydrogens is 296 g/mol. The normalized spacial score (nSPS) is 13.8. The molecule has 0 saturated heterocycles. The molecule has 4 rings (SSSR count). The van der Waals surface area contributed by atoms with E-state index in [0.29, 0.717) is 36.7 Å². The zero-order valence-corrected chi connectivity index (χ0v) is 12.2. The number of carbonyl (C=O) groups excluding carboxylic acids is 1. The minimum atomic E-state index is -0.174. The van der Waals surface area contributed by atoms with Gasteiger partial charge in [0.05, 0.1) is 18.5 Å². The van der Waals surface area contributed by atoms with Crippen molar-refractivity contribution in [3.8, 4) is 5.82 Å². The number of fused-ring (bicyclic) bond motifs is 1. The van der Waals surface area contributed by atoms with Crippen LogP contribution in [0.5, 0.6) is 0 Å². The summed E-state index contributed by atoms with van der Waals surface area (Å²) in [4.78, 5) is 30.7. The van der Waals surface area contributed by atoms with Gasteiger partial charge in [-0.1, -0.05) is 6.07 Å². The van der Waals surface area contributed by atoms with Crippen LogP contribution in [0.4, 0.5) is 0 Å². The number of aromatic nitrogens is 3. The number of aromatic amines is 1. The number of hydrogen-bond acceptors (Lipinski definition) is 4. The van der Waals surface area contributed by atoms with Gasteiger partial charge < -0.3 is 9.32 Å². The van der Waals surface area contributed by atoms with Crippen LogP contribution >= 0.6 is 0 Å². The molecule has 4 heterocycles. The Morgan fingerprint density at radius 2 is 2.17 bits per heavy atom. The second-order valence-corrected chi connectivity index (χ2v) is 5.35. The Balaban J connectivity index is 1.66. The van der Waals surface area contributed by atoms with Gasteiger partial charge in [0.15, 0.2) is 11.6 Å². The van der Waals surface area contributed by atoms with Crippen molar-refractivity contribution in [1.82, 2.24) is 19.7 Å². The number of nitrogens with one attached hydrogen (secondary N) is 1. The number of hydrogen-bond donors (Lipinski definition) is 1. The van der Waals surface area contributed by atoms with Gasteiger partial charge in [-0.05, 0) is 30.7 Å². The number of pyridine rings is 1. The summed E-state index contributed by atoms with van der Waals surface area (Å²) in [5.41, 5.74) is 1.34. The summed E-state index contributed by atoms with van der Waals surface area (Å²) in [6.45, 7) is 0.839. The minimum absolute atomic E-state index is 0.108. The molecule has 0 bridgehead atoms. The van der Waals surface area contributed by atoms with E-state index in [1.54, 1.807) is 35.4 Å². The molecule has 7 heteroatoms. The standard InChI is InChI=1S/C16H14N4O3/c21-15-11-6-8-19(16(22)13-4-3-9-23-13)10-12(11)18-20(15)14-5-1-2-7-17-14/h1-5,7,9,18H,6,8,10H2. The lowest BCUT2D eigenvalue weighted by Crippen LogP contribution is -2.36.